The first-order valence-electron chi connectivity index (χ1n) is 7.81. The normalized spacial score (nSPS) is 22.8. The Morgan fingerprint density at radius 3 is 2.86 bits per heavy atom. The van der Waals surface area contributed by atoms with Crippen LogP contribution in [-0.4, -0.2) is 55.0 Å². The van der Waals surface area contributed by atoms with Gasteiger partial charge in [-0.25, -0.2) is 0 Å². The molecule has 1 fully saturated rings. The summed E-state index contributed by atoms with van der Waals surface area (Å²) in [6.45, 7) is 2.71. The fourth-order valence-electron chi connectivity index (χ4n) is 3.14. The van der Waals surface area contributed by atoms with E-state index in [1.807, 2.05) is 24.0 Å². The highest BCUT2D eigenvalue weighted by atomic mass is 16.3. The Bertz CT molecular complexity index is 600. The largest absolute Gasteiger partial charge is 0.388 e. The Morgan fingerprint density at radius 1 is 1.32 bits per heavy atom. The summed E-state index contributed by atoms with van der Waals surface area (Å²) in [5.41, 5.74) is 0.592. The molecule has 2 aromatic rings. The van der Waals surface area contributed by atoms with Gasteiger partial charge >= 0.3 is 0 Å². The maximum atomic E-state index is 10.9. The SMILES string of the molecule is Cn1cnnc1CC1(O)CCCN(CCc2ccncc2)C1. The van der Waals surface area contributed by atoms with Gasteiger partial charge in [0.1, 0.15) is 12.2 Å². The molecule has 3 rings (SSSR count). The van der Waals surface area contributed by atoms with Gasteiger partial charge < -0.3 is 14.6 Å². The van der Waals surface area contributed by atoms with Gasteiger partial charge in [-0.1, -0.05) is 0 Å². The third-order valence-corrected chi connectivity index (χ3v) is 4.39. The number of likely N-dealkylation sites (tertiary alicyclic amines) is 1. The van der Waals surface area contributed by atoms with E-state index in [9.17, 15) is 5.11 Å². The zero-order chi connectivity index (χ0) is 15.4. The molecule has 3 heterocycles. The van der Waals surface area contributed by atoms with Crippen LogP contribution in [0.2, 0.25) is 0 Å². The first-order valence-corrected chi connectivity index (χ1v) is 7.81. The molecule has 1 saturated heterocycles. The van der Waals surface area contributed by atoms with E-state index in [4.69, 9.17) is 0 Å². The van der Waals surface area contributed by atoms with Crippen LogP contribution in [0, 0.1) is 0 Å². The molecule has 1 N–H and O–H groups in total. The molecule has 6 heteroatoms. The van der Waals surface area contributed by atoms with Gasteiger partial charge in [-0.15, -0.1) is 10.2 Å². The summed E-state index contributed by atoms with van der Waals surface area (Å²) in [5, 5.41) is 18.9. The van der Waals surface area contributed by atoms with Crippen LogP contribution in [0.3, 0.4) is 0 Å². The lowest BCUT2D eigenvalue weighted by Crippen LogP contribution is -2.50. The lowest BCUT2D eigenvalue weighted by atomic mass is 9.89. The van der Waals surface area contributed by atoms with E-state index in [-0.39, 0.29) is 0 Å². The summed E-state index contributed by atoms with van der Waals surface area (Å²) in [6.07, 6.45) is 8.74. The van der Waals surface area contributed by atoms with Crippen LogP contribution in [0.15, 0.2) is 30.9 Å². The van der Waals surface area contributed by atoms with Gasteiger partial charge in [-0.2, -0.15) is 0 Å². The van der Waals surface area contributed by atoms with Gasteiger partial charge in [0.2, 0.25) is 0 Å². The molecular weight excluding hydrogens is 278 g/mol. The molecule has 2 aromatic heterocycles. The van der Waals surface area contributed by atoms with Gasteiger partial charge in [0.15, 0.2) is 0 Å². The first kappa shape index (κ1) is 15.1. The lowest BCUT2D eigenvalue weighted by molar-refractivity contribution is -0.0316. The van der Waals surface area contributed by atoms with Crippen molar-refractivity contribution in [2.45, 2.75) is 31.3 Å². The third kappa shape index (κ3) is 3.69. The first-order chi connectivity index (χ1) is 10.6. The van der Waals surface area contributed by atoms with E-state index in [0.29, 0.717) is 13.0 Å². The van der Waals surface area contributed by atoms with Gasteiger partial charge in [-0.05, 0) is 43.5 Å². The van der Waals surface area contributed by atoms with Crippen LogP contribution in [0.4, 0.5) is 0 Å². The van der Waals surface area contributed by atoms with E-state index in [0.717, 1.165) is 38.2 Å². The molecule has 0 amide bonds. The van der Waals surface area contributed by atoms with E-state index in [1.54, 1.807) is 6.33 Å². The minimum Gasteiger partial charge on any atom is -0.388 e. The second kappa shape index (κ2) is 6.54. The van der Waals surface area contributed by atoms with Crippen LogP contribution in [-0.2, 0) is 19.9 Å². The second-order valence-electron chi connectivity index (χ2n) is 6.24. The third-order valence-electron chi connectivity index (χ3n) is 4.39. The van der Waals surface area contributed by atoms with Crippen molar-refractivity contribution < 1.29 is 5.11 Å². The van der Waals surface area contributed by atoms with Crippen molar-refractivity contribution in [1.29, 1.82) is 0 Å². The van der Waals surface area contributed by atoms with Crippen LogP contribution in [0.25, 0.3) is 0 Å². The Kier molecular flexibility index (Phi) is 4.49. The number of pyridine rings is 1. The maximum Gasteiger partial charge on any atom is 0.135 e. The van der Waals surface area contributed by atoms with Crippen LogP contribution < -0.4 is 0 Å². The molecule has 1 aliphatic heterocycles. The number of aliphatic hydroxyl groups is 1. The van der Waals surface area contributed by atoms with Crippen molar-refractivity contribution in [2.24, 2.45) is 7.05 Å². The van der Waals surface area contributed by atoms with Gasteiger partial charge in [0, 0.05) is 39.0 Å². The van der Waals surface area contributed by atoms with Crippen molar-refractivity contribution in [1.82, 2.24) is 24.6 Å². The molecule has 1 atom stereocenters. The van der Waals surface area contributed by atoms with Crippen molar-refractivity contribution >= 4 is 0 Å². The van der Waals surface area contributed by atoms with Crippen LogP contribution >= 0.6 is 0 Å². The van der Waals surface area contributed by atoms with Gasteiger partial charge in [0.05, 0.1) is 5.60 Å². The number of hydrogen-bond acceptors (Lipinski definition) is 5. The molecular formula is C16H23N5O. The number of piperidine rings is 1. The zero-order valence-corrected chi connectivity index (χ0v) is 13.0. The summed E-state index contributed by atoms with van der Waals surface area (Å²) < 4.78 is 1.88. The molecule has 0 aromatic carbocycles. The smallest absolute Gasteiger partial charge is 0.135 e. The monoisotopic (exact) mass is 301 g/mol. The van der Waals surface area contributed by atoms with Crippen LogP contribution in [0.5, 0.6) is 0 Å². The predicted molar refractivity (Wildman–Crippen MR) is 83.3 cm³/mol. The fraction of sp³-hybridized carbons (Fsp3) is 0.562. The minimum absolute atomic E-state index is 0.565. The van der Waals surface area contributed by atoms with Crippen molar-refractivity contribution in [3.8, 4) is 0 Å². The molecule has 6 nitrogen and oxygen atoms in total. The maximum absolute atomic E-state index is 10.9. The van der Waals surface area contributed by atoms with Gasteiger partial charge in [0.25, 0.3) is 0 Å². The zero-order valence-electron chi connectivity index (χ0n) is 13.0. The molecule has 22 heavy (non-hydrogen) atoms. The highest BCUT2D eigenvalue weighted by Gasteiger charge is 2.34. The quantitative estimate of drug-likeness (QED) is 0.886. The van der Waals surface area contributed by atoms with Crippen molar-refractivity contribution in [3.63, 3.8) is 0 Å². The summed E-state index contributed by atoms with van der Waals surface area (Å²) in [6, 6.07) is 4.10. The molecule has 0 spiro atoms. The Labute approximate surface area is 130 Å². The van der Waals surface area contributed by atoms with Crippen molar-refractivity contribution in [3.05, 3.63) is 42.2 Å². The Hall–Kier alpha value is -1.79. The molecule has 0 bridgehead atoms. The predicted octanol–water partition coefficient (Wildman–Crippen LogP) is 0.822. The summed E-state index contributed by atoms with van der Waals surface area (Å²) in [7, 11) is 1.92. The summed E-state index contributed by atoms with van der Waals surface area (Å²) in [5.74, 6) is 0.846. The number of nitrogens with zero attached hydrogens (tertiary/aromatic N) is 5. The van der Waals surface area contributed by atoms with Crippen LogP contribution in [0.1, 0.15) is 24.2 Å². The number of aryl methyl sites for hydroxylation is 1. The highest BCUT2D eigenvalue weighted by molar-refractivity contribution is 5.10. The second-order valence-corrected chi connectivity index (χ2v) is 6.24. The van der Waals surface area contributed by atoms with E-state index in [2.05, 4.69) is 32.2 Å². The molecule has 0 saturated carbocycles. The number of aromatic nitrogens is 4. The Morgan fingerprint density at radius 2 is 2.14 bits per heavy atom. The molecule has 1 aliphatic rings. The van der Waals surface area contributed by atoms with E-state index < -0.39 is 5.60 Å². The summed E-state index contributed by atoms with van der Waals surface area (Å²) >= 11 is 0. The molecule has 118 valence electrons. The van der Waals surface area contributed by atoms with E-state index >= 15 is 0 Å². The van der Waals surface area contributed by atoms with E-state index in [1.165, 1.54) is 5.56 Å². The van der Waals surface area contributed by atoms with Crippen molar-refractivity contribution in [2.75, 3.05) is 19.6 Å². The number of β-amino-alcohol motifs (C(OH)–C–C–N with tert-alkyl or cyclic N) is 1. The molecule has 0 aliphatic carbocycles. The standard InChI is InChI=1S/C16H23N5O/c1-20-13-18-19-15(20)11-16(22)6-2-9-21(12-16)10-5-14-3-7-17-8-4-14/h3-4,7-8,13,22H,2,5-6,9-12H2,1H3. The molecule has 0 radical (unpaired) electrons. The average Bonchev–Trinajstić information content (AvgIpc) is 2.91. The average molecular weight is 301 g/mol. The number of hydrogen-bond donors (Lipinski definition) is 1. The van der Waals surface area contributed by atoms with Gasteiger partial charge in [-0.3, -0.25) is 4.98 Å². The molecule has 1 unspecified atom stereocenters. The lowest BCUT2D eigenvalue weighted by Gasteiger charge is -2.39. The minimum atomic E-state index is -0.697. The number of rotatable bonds is 5. The topological polar surface area (TPSA) is 67.1 Å². The fourth-order valence-corrected chi connectivity index (χ4v) is 3.14. The Balaban J connectivity index is 1.57. The summed E-state index contributed by atoms with van der Waals surface area (Å²) in [4.78, 5) is 6.39. The highest BCUT2D eigenvalue weighted by Crippen LogP contribution is 2.24.